The van der Waals surface area contributed by atoms with Crippen LogP contribution in [0.3, 0.4) is 0 Å². The quantitative estimate of drug-likeness (QED) is 0.839. The van der Waals surface area contributed by atoms with E-state index in [1.54, 1.807) is 0 Å². The number of benzene rings is 1. The molecule has 0 unspecified atom stereocenters. The van der Waals surface area contributed by atoms with E-state index in [2.05, 4.69) is 35.2 Å². The molecule has 0 bridgehead atoms. The van der Waals surface area contributed by atoms with Gasteiger partial charge < -0.3 is 9.64 Å². The Labute approximate surface area is 113 Å². The van der Waals surface area contributed by atoms with Crippen LogP contribution in [-0.4, -0.2) is 30.0 Å². The SMILES string of the molecule is CN(CCc1ccc2c(c1)CCO2)c1ccn(C)n1. The fourth-order valence-electron chi connectivity index (χ4n) is 2.41. The molecule has 0 radical (unpaired) electrons. The largest absolute Gasteiger partial charge is 0.493 e. The number of hydrogen-bond donors (Lipinski definition) is 0. The lowest BCUT2D eigenvalue weighted by Crippen LogP contribution is -2.20. The van der Waals surface area contributed by atoms with E-state index in [0.717, 1.165) is 37.6 Å². The molecule has 1 aliphatic heterocycles. The number of rotatable bonds is 4. The summed E-state index contributed by atoms with van der Waals surface area (Å²) in [4.78, 5) is 2.18. The molecule has 0 aliphatic carbocycles. The number of likely N-dealkylation sites (N-methyl/N-ethyl adjacent to an activating group) is 1. The van der Waals surface area contributed by atoms with Gasteiger partial charge in [0, 0.05) is 39.3 Å². The molecule has 4 nitrogen and oxygen atoms in total. The van der Waals surface area contributed by atoms with Crippen molar-refractivity contribution in [1.82, 2.24) is 9.78 Å². The molecule has 0 saturated heterocycles. The van der Waals surface area contributed by atoms with Crippen molar-refractivity contribution in [3.8, 4) is 5.75 Å². The summed E-state index contributed by atoms with van der Waals surface area (Å²) in [7, 11) is 4.02. The second-order valence-corrected chi connectivity index (χ2v) is 5.06. The Bertz CT molecular complexity index is 577. The van der Waals surface area contributed by atoms with Crippen LogP contribution in [0.2, 0.25) is 0 Å². The summed E-state index contributed by atoms with van der Waals surface area (Å²) < 4.78 is 7.36. The number of aryl methyl sites for hydroxylation is 1. The van der Waals surface area contributed by atoms with Crippen LogP contribution < -0.4 is 9.64 Å². The average molecular weight is 257 g/mol. The maximum atomic E-state index is 5.53. The van der Waals surface area contributed by atoms with E-state index in [9.17, 15) is 0 Å². The van der Waals surface area contributed by atoms with E-state index >= 15 is 0 Å². The summed E-state index contributed by atoms with van der Waals surface area (Å²) in [6, 6.07) is 8.57. The van der Waals surface area contributed by atoms with E-state index in [-0.39, 0.29) is 0 Å². The number of ether oxygens (including phenoxy) is 1. The van der Waals surface area contributed by atoms with Gasteiger partial charge in [-0.25, -0.2) is 0 Å². The summed E-state index contributed by atoms with van der Waals surface area (Å²) in [5.74, 6) is 2.08. The fourth-order valence-corrected chi connectivity index (χ4v) is 2.41. The first-order valence-corrected chi connectivity index (χ1v) is 6.68. The monoisotopic (exact) mass is 257 g/mol. The molecule has 1 aromatic carbocycles. The molecule has 2 aromatic rings. The third-order valence-corrected chi connectivity index (χ3v) is 3.58. The molecule has 0 spiro atoms. The van der Waals surface area contributed by atoms with Gasteiger partial charge in [0.15, 0.2) is 0 Å². The zero-order valence-corrected chi connectivity index (χ0v) is 11.5. The van der Waals surface area contributed by atoms with Gasteiger partial charge in [0.1, 0.15) is 11.6 Å². The minimum Gasteiger partial charge on any atom is -0.493 e. The Hall–Kier alpha value is -1.97. The number of anilines is 1. The maximum Gasteiger partial charge on any atom is 0.150 e. The van der Waals surface area contributed by atoms with Crippen LogP contribution in [0.4, 0.5) is 5.82 Å². The first kappa shape index (κ1) is 12.1. The first-order valence-electron chi connectivity index (χ1n) is 6.68. The van der Waals surface area contributed by atoms with Crippen LogP contribution in [0.1, 0.15) is 11.1 Å². The lowest BCUT2D eigenvalue weighted by atomic mass is 10.1. The topological polar surface area (TPSA) is 30.3 Å². The summed E-state index contributed by atoms with van der Waals surface area (Å²) in [5, 5.41) is 4.40. The van der Waals surface area contributed by atoms with Crippen LogP contribution in [0, 0.1) is 0 Å². The Morgan fingerprint density at radius 1 is 1.37 bits per heavy atom. The maximum absolute atomic E-state index is 5.53. The molecule has 0 saturated carbocycles. The minimum atomic E-state index is 0.826. The molecule has 100 valence electrons. The predicted molar refractivity (Wildman–Crippen MR) is 75.8 cm³/mol. The molecule has 1 aliphatic rings. The van der Waals surface area contributed by atoms with Gasteiger partial charge in [-0.1, -0.05) is 12.1 Å². The zero-order chi connectivity index (χ0) is 13.2. The highest BCUT2D eigenvalue weighted by Gasteiger charge is 2.12. The third kappa shape index (κ3) is 2.57. The van der Waals surface area contributed by atoms with Crippen molar-refractivity contribution in [1.29, 1.82) is 0 Å². The number of aromatic nitrogens is 2. The van der Waals surface area contributed by atoms with Crippen LogP contribution in [0.5, 0.6) is 5.75 Å². The Balaban J connectivity index is 1.63. The molecular weight excluding hydrogens is 238 g/mol. The Morgan fingerprint density at radius 3 is 3.05 bits per heavy atom. The van der Waals surface area contributed by atoms with Crippen LogP contribution in [0.15, 0.2) is 30.5 Å². The summed E-state index contributed by atoms with van der Waals surface area (Å²) in [6.45, 7) is 1.79. The highest BCUT2D eigenvalue weighted by molar-refractivity contribution is 5.41. The first-order chi connectivity index (χ1) is 9.22. The van der Waals surface area contributed by atoms with Crippen molar-refractivity contribution >= 4 is 5.82 Å². The van der Waals surface area contributed by atoms with E-state index in [4.69, 9.17) is 4.74 Å². The van der Waals surface area contributed by atoms with Crippen molar-refractivity contribution < 1.29 is 4.74 Å². The van der Waals surface area contributed by atoms with Gasteiger partial charge in [-0.2, -0.15) is 5.10 Å². The summed E-state index contributed by atoms with van der Waals surface area (Å²) >= 11 is 0. The standard InChI is InChI=1S/C15H19N3O/c1-17(15-6-9-18(2)16-15)8-5-12-3-4-14-13(11-12)7-10-19-14/h3-4,6,9,11H,5,7-8,10H2,1-2H3. The molecule has 0 amide bonds. The molecule has 1 aromatic heterocycles. The van der Waals surface area contributed by atoms with Crippen LogP contribution in [-0.2, 0) is 19.9 Å². The van der Waals surface area contributed by atoms with Gasteiger partial charge in [0.05, 0.1) is 6.61 Å². The molecule has 0 N–H and O–H groups in total. The predicted octanol–water partition coefficient (Wildman–Crippen LogP) is 2.03. The van der Waals surface area contributed by atoms with Crippen molar-refractivity contribution in [3.63, 3.8) is 0 Å². The van der Waals surface area contributed by atoms with Crippen LogP contribution >= 0.6 is 0 Å². The highest BCUT2D eigenvalue weighted by Crippen LogP contribution is 2.26. The number of hydrogen-bond acceptors (Lipinski definition) is 3. The second kappa shape index (κ2) is 4.96. The van der Waals surface area contributed by atoms with E-state index in [0.29, 0.717) is 0 Å². The van der Waals surface area contributed by atoms with Crippen molar-refractivity contribution in [3.05, 3.63) is 41.6 Å². The van der Waals surface area contributed by atoms with Gasteiger partial charge in [-0.05, 0) is 23.6 Å². The Morgan fingerprint density at radius 2 is 2.26 bits per heavy atom. The highest BCUT2D eigenvalue weighted by atomic mass is 16.5. The molecule has 0 fully saturated rings. The lowest BCUT2D eigenvalue weighted by Gasteiger charge is -2.16. The van der Waals surface area contributed by atoms with Gasteiger partial charge >= 0.3 is 0 Å². The molecule has 0 atom stereocenters. The van der Waals surface area contributed by atoms with Crippen molar-refractivity contribution in [2.45, 2.75) is 12.8 Å². The summed E-state index contributed by atoms with van der Waals surface area (Å²) in [6.07, 6.45) is 4.04. The van der Waals surface area contributed by atoms with E-state index in [1.807, 2.05) is 24.0 Å². The van der Waals surface area contributed by atoms with E-state index in [1.165, 1.54) is 11.1 Å². The molecule has 4 heteroatoms. The zero-order valence-electron chi connectivity index (χ0n) is 11.5. The van der Waals surface area contributed by atoms with Gasteiger partial charge in [-0.15, -0.1) is 0 Å². The third-order valence-electron chi connectivity index (χ3n) is 3.58. The van der Waals surface area contributed by atoms with Crippen LogP contribution in [0.25, 0.3) is 0 Å². The minimum absolute atomic E-state index is 0.826. The van der Waals surface area contributed by atoms with Gasteiger partial charge in [0.2, 0.25) is 0 Å². The smallest absolute Gasteiger partial charge is 0.150 e. The number of nitrogens with zero attached hydrogens (tertiary/aromatic N) is 3. The molecule has 3 rings (SSSR count). The van der Waals surface area contributed by atoms with Gasteiger partial charge in [-0.3, -0.25) is 4.68 Å². The molecule has 19 heavy (non-hydrogen) atoms. The average Bonchev–Trinajstić information content (AvgIpc) is 3.03. The molecular formula is C15H19N3O. The van der Waals surface area contributed by atoms with Crippen molar-refractivity contribution in [2.24, 2.45) is 7.05 Å². The normalized spacial score (nSPS) is 13.2. The summed E-state index contributed by atoms with van der Waals surface area (Å²) in [5.41, 5.74) is 2.71. The van der Waals surface area contributed by atoms with E-state index < -0.39 is 0 Å². The van der Waals surface area contributed by atoms with Crippen molar-refractivity contribution in [2.75, 3.05) is 25.1 Å². The number of fused-ring (bicyclic) bond motifs is 1. The second-order valence-electron chi connectivity index (χ2n) is 5.06. The Kier molecular flexibility index (Phi) is 3.15. The fraction of sp³-hybridized carbons (Fsp3) is 0.400. The lowest BCUT2D eigenvalue weighted by molar-refractivity contribution is 0.357. The molecule has 2 heterocycles. The van der Waals surface area contributed by atoms with Gasteiger partial charge in [0.25, 0.3) is 0 Å².